The van der Waals surface area contributed by atoms with Gasteiger partial charge in [0, 0.05) is 19.2 Å². The van der Waals surface area contributed by atoms with E-state index >= 15 is 0 Å². The zero-order valence-corrected chi connectivity index (χ0v) is 7.67. The van der Waals surface area contributed by atoms with Crippen molar-refractivity contribution in [3.8, 4) is 0 Å². The van der Waals surface area contributed by atoms with Gasteiger partial charge >= 0.3 is 0 Å². The fourth-order valence-corrected chi connectivity index (χ4v) is 1.19. The molecule has 1 rings (SSSR count). The molecule has 1 atom stereocenters. The molecule has 0 saturated heterocycles. The second kappa shape index (κ2) is 3.83. The first-order valence-corrected chi connectivity index (χ1v) is 4.04. The Morgan fingerprint density at radius 1 is 1.62 bits per heavy atom. The van der Waals surface area contributed by atoms with Crippen molar-refractivity contribution >= 4 is 0 Å². The fourth-order valence-electron chi connectivity index (χ4n) is 1.19. The summed E-state index contributed by atoms with van der Waals surface area (Å²) in [7, 11) is 1.72. The van der Waals surface area contributed by atoms with E-state index in [-0.39, 0.29) is 6.42 Å². The first kappa shape index (κ1) is 10.1. The minimum atomic E-state index is -2.48. The summed E-state index contributed by atoms with van der Waals surface area (Å²) in [4.78, 5) is 0. The molecule has 3 nitrogen and oxygen atoms in total. The van der Waals surface area contributed by atoms with Crippen LogP contribution in [0.15, 0.2) is 6.07 Å². The second-order valence-electron chi connectivity index (χ2n) is 3.10. The Labute approximate surface area is 75.5 Å². The third kappa shape index (κ3) is 2.48. The zero-order valence-electron chi connectivity index (χ0n) is 7.67. The predicted molar refractivity (Wildman–Crippen MR) is 45.6 cm³/mol. The van der Waals surface area contributed by atoms with E-state index in [9.17, 15) is 8.78 Å². The molecule has 74 valence electrons. The van der Waals surface area contributed by atoms with Crippen LogP contribution in [0.2, 0.25) is 0 Å². The fraction of sp³-hybridized carbons (Fsp3) is 0.625. The summed E-state index contributed by atoms with van der Waals surface area (Å²) in [5.74, 6) is 0. The summed E-state index contributed by atoms with van der Waals surface area (Å²) in [5, 5.41) is 4.04. The lowest BCUT2D eigenvalue weighted by molar-refractivity contribution is 0.115. The van der Waals surface area contributed by atoms with Gasteiger partial charge in [-0.15, -0.1) is 0 Å². The molecule has 0 amide bonds. The summed E-state index contributed by atoms with van der Waals surface area (Å²) >= 11 is 0. The predicted octanol–water partition coefficient (Wildman–Crippen LogP) is 0.863. The molecule has 1 unspecified atom stereocenters. The molecule has 0 saturated carbocycles. The van der Waals surface area contributed by atoms with Gasteiger partial charge in [0.15, 0.2) is 0 Å². The van der Waals surface area contributed by atoms with Gasteiger partial charge in [0.1, 0.15) is 0 Å². The molecule has 0 aliphatic carbocycles. The quantitative estimate of drug-likeness (QED) is 0.766. The van der Waals surface area contributed by atoms with Gasteiger partial charge in [-0.3, -0.25) is 4.68 Å². The van der Waals surface area contributed by atoms with Crippen LogP contribution < -0.4 is 5.73 Å². The van der Waals surface area contributed by atoms with Crippen LogP contribution in [-0.4, -0.2) is 22.2 Å². The lowest BCUT2D eigenvalue weighted by atomic mass is 10.1. The van der Waals surface area contributed by atoms with Crippen molar-refractivity contribution in [1.29, 1.82) is 0 Å². The van der Waals surface area contributed by atoms with Gasteiger partial charge in [0.2, 0.25) is 0 Å². The molecular formula is C8H13F2N3. The molecule has 1 aromatic heterocycles. The normalized spacial score (nSPS) is 13.7. The molecule has 5 heteroatoms. The van der Waals surface area contributed by atoms with Crippen molar-refractivity contribution in [2.75, 3.05) is 0 Å². The van der Waals surface area contributed by atoms with Crippen LogP contribution in [0.25, 0.3) is 0 Å². The highest BCUT2D eigenvalue weighted by Crippen LogP contribution is 2.08. The van der Waals surface area contributed by atoms with Crippen molar-refractivity contribution in [2.24, 2.45) is 12.8 Å². The Hall–Kier alpha value is -0.970. The zero-order chi connectivity index (χ0) is 10.0. The van der Waals surface area contributed by atoms with Crippen LogP contribution in [-0.2, 0) is 13.5 Å². The lowest BCUT2D eigenvalue weighted by Gasteiger charge is -2.09. The third-order valence-electron chi connectivity index (χ3n) is 1.87. The number of aromatic nitrogens is 2. The van der Waals surface area contributed by atoms with Gasteiger partial charge in [0.25, 0.3) is 6.43 Å². The molecule has 0 fully saturated rings. The van der Waals surface area contributed by atoms with E-state index in [2.05, 4.69) is 5.10 Å². The van der Waals surface area contributed by atoms with E-state index in [0.717, 1.165) is 11.4 Å². The number of hydrogen-bond acceptors (Lipinski definition) is 2. The summed E-state index contributed by atoms with van der Waals surface area (Å²) < 4.78 is 25.8. The second-order valence-corrected chi connectivity index (χ2v) is 3.10. The topological polar surface area (TPSA) is 43.8 Å². The minimum absolute atomic E-state index is 0.162. The first-order chi connectivity index (χ1) is 6.00. The highest BCUT2D eigenvalue weighted by atomic mass is 19.3. The van der Waals surface area contributed by atoms with Crippen LogP contribution in [0.4, 0.5) is 8.78 Å². The first-order valence-electron chi connectivity index (χ1n) is 4.04. The van der Waals surface area contributed by atoms with Crippen molar-refractivity contribution in [3.05, 3.63) is 17.5 Å². The number of alkyl halides is 2. The van der Waals surface area contributed by atoms with Crippen LogP contribution in [0.5, 0.6) is 0 Å². The van der Waals surface area contributed by atoms with Gasteiger partial charge in [-0.2, -0.15) is 5.10 Å². The van der Waals surface area contributed by atoms with Gasteiger partial charge in [-0.25, -0.2) is 8.78 Å². The average Bonchev–Trinajstić information content (AvgIpc) is 2.30. The van der Waals surface area contributed by atoms with E-state index in [1.807, 2.05) is 6.92 Å². The van der Waals surface area contributed by atoms with Crippen LogP contribution in [0.1, 0.15) is 11.4 Å². The molecule has 0 spiro atoms. The van der Waals surface area contributed by atoms with E-state index in [1.165, 1.54) is 0 Å². The largest absolute Gasteiger partial charge is 0.323 e. The van der Waals surface area contributed by atoms with Crippen molar-refractivity contribution in [3.63, 3.8) is 0 Å². The third-order valence-corrected chi connectivity index (χ3v) is 1.87. The molecule has 0 bridgehead atoms. The molecule has 1 aromatic rings. The number of nitrogens with two attached hydrogens (primary N) is 1. The van der Waals surface area contributed by atoms with Crippen LogP contribution >= 0.6 is 0 Å². The average molecular weight is 189 g/mol. The maximum atomic E-state index is 12.1. The Kier molecular flexibility index (Phi) is 2.98. The van der Waals surface area contributed by atoms with Crippen LogP contribution in [0.3, 0.4) is 0 Å². The highest BCUT2D eigenvalue weighted by Gasteiger charge is 2.17. The smallest absolute Gasteiger partial charge is 0.253 e. The molecule has 0 aliphatic rings. The van der Waals surface area contributed by atoms with Gasteiger partial charge in [-0.05, 0) is 13.0 Å². The summed E-state index contributed by atoms with van der Waals surface area (Å²) in [6.07, 6.45) is -2.31. The van der Waals surface area contributed by atoms with E-state index < -0.39 is 12.5 Å². The lowest BCUT2D eigenvalue weighted by Crippen LogP contribution is -2.31. The highest BCUT2D eigenvalue weighted by molar-refractivity contribution is 5.10. The molecule has 2 N–H and O–H groups in total. The molecule has 0 aromatic carbocycles. The molecule has 1 heterocycles. The maximum absolute atomic E-state index is 12.1. The number of rotatable bonds is 3. The Balaban J connectivity index is 2.68. The maximum Gasteiger partial charge on any atom is 0.253 e. The Bertz CT molecular complexity index is 283. The monoisotopic (exact) mass is 189 g/mol. The van der Waals surface area contributed by atoms with Crippen molar-refractivity contribution in [1.82, 2.24) is 9.78 Å². The van der Waals surface area contributed by atoms with E-state index in [1.54, 1.807) is 17.8 Å². The Morgan fingerprint density at radius 2 is 2.23 bits per heavy atom. The standard InChI is InChI=1S/C8H13F2N3/c1-5-3-6(13(2)12-5)4-7(11)8(9)10/h3,7-8H,4,11H2,1-2H3. The minimum Gasteiger partial charge on any atom is -0.323 e. The van der Waals surface area contributed by atoms with E-state index in [4.69, 9.17) is 5.73 Å². The molecule has 0 radical (unpaired) electrons. The number of halogens is 2. The van der Waals surface area contributed by atoms with Gasteiger partial charge < -0.3 is 5.73 Å². The number of nitrogens with zero attached hydrogens (tertiary/aromatic N) is 2. The summed E-state index contributed by atoms with van der Waals surface area (Å²) in [6, 6.07) is 0.664. The Morgan fingerprint density at radius 3 is 2.62 bits per heavy atom. The van der Waals surface area contributed by atoms with Gasteiger partial charge in [-0.1, -0.05) is 0 Å². The molecular weight excluding hydrogens is 176 g/mol. The van der Waals surface area contributed by atoms with E-state index in [0.29, 0.717) is 0 Å². The SMILES string of the molecule is Cc1cc(CC(N)C(F)F)n(C)n1. The molecule has 0 aliphatic heterocycles. The number of aryl methyl sites for hydroxylation is 2. The summed E-state index contributed by atoms with van der Waals surface area (Å²) in [5.41, 5.74) is 6.80. The molecule has 13 heavy (non-hydrogen) atoms. The summed E-state index contributed by atoms with van der Waals surface area (Å²) in [6.45, 7) is 1.82. The van der Waals surface area contributed by atoms with Crippen molar-refractivity contribution < 1.29 is 8.78 Å². The number of hydrogen-bond donors (Lipinski definition) is 1. The van der Waals surface area contributed by atoms with Crippen molar-refractivity contribution in [2.45, 2.75) is 25.8 Å². The van der Waals surface area contributed by atoms with Crippen LogP contribution in [0, 0.1) is 6.92 Å². The van der Waals surface area contributed by atoms with Gasteiger partial charge in [0.05, 0.1) is 11.7 Å².